The highest BCUT2D eigenvalue weighted by Gasteiger charge is 2.16. The molecule has 1 rings (SSSR count). The molecule has 0 aliphatic heterocycles. The van der Waals surface area contributed by atoms with Gasteiger partial charge in [-0.25, -0.2) is 13.8 Å². The molecule has 1 aromatic rings. The van der Waals surface area contributed by atoms with Gasteiger partial charge in [-0.15, -0.1) is 0 Å². The number of aryl methyl sites for hydroxylation is 1. The lowest BCUT2D eigenvalue weighted by Crippen LogP contribution is -2.28. The molecular formula is C10H14F2N4. The molecule has 6 heteroatoms. The van der Waals surface area contributed by atoms with Gasteiger partial charge < -0.3 is 10.6 Å². The fourth-order valence-corrected chi connectivity index (χ4v) is 1.46. The fraction of sp³-hybridized carbons (Fsp3) is 0.400. The number of nitrogen functional groups attached to an aromatic ring is 1. The highest BCUT2D eigenvalue weighted by Crippen LogP contribution is 2.19. The van der Waals surface area contributed by atoms with E-state index in [9.17, 15) is 8.78 Å². The SMILES string of the molecule is Cc1ccnc(N(C)CC(F)F)c1C(=N)N. The number of amidine groups is 1. The van der Waals surface area contributed by atoms with E-state index in [4.69, 9.17) is 11.1 Å². The summed E-state index contributed by atoms with van der Waals surface area (Å²) in [5.41, 5.74) is 6.57. The lowest BCUT2D eigenvalue weighted by atomic mass is 10.1. The Kier molecular flexibility index (Phi) is 3.76. The summed E-state index contributed by atoms with van der Waals surface area (Å²) in [6.07, 6.45) is -0.939. The first-order chi connectivity index (χ1) is 7.43. The maximum absolute atomic E-state index is 12.2. The monoisotopic (exact) mass is 228 g/mol. The van der Waals surface area contributed by atoms with Crippen LogP contribution in [0.15, 0.2) is 12.3 Å². The molecule has 88 valence electrons. The van der Waals surface area contributed by atoms with E-state index in [1.165, 1.54) is 18.1 Å². The summed E-state index contributed by atoms with van der Waals surface area (Å²) in [7, 11) is 1.50. The molecule has 0 radical (unpaired) electrons. The molecule has 0 atom stereocenters. The molecule has 0 aliphatic rings. The molecule has 3 N–H and O–H groups in total. The van der Waals surface area contributed by atoms with Crippen LogP contribution in [0.1, 0.15) is 11.1 Å². The number of nitrogens with zero attached hydrogens (tertiary/aromatic N) is 2. The molecule has 1 aromatic heterocycles. The zero-order chi connectivity index (χ0) is 12.3. The van der Waals surface area contributed by atoms with Crippen molar-refractivity contribution in [3.8, 4) is 0 Å². The van der Waals surface area contributed by atoms with Gasteiger partial charge in [0, 0.05) is 13.2 Å². The second-order valence-electron chi connectivity index (χ2n) is 3.51. The Morgan fingerprint density at radius 1 is 1.62 bits per heavy atom. The topological polar surface area (TPSA) is 66.0 Å². The number of hydrogen-bond acceptors (Lipinski definition) is 3. The first kappa shape index (κ1) is 12.4. The van der Waals surface area contributed by atoms with Crippen molar-refractivity contribution in [3.63, 3.8) is 0 Å². The van der Waals surface area contributed by atoms with E-state index < -0.39 is 13.0 Å². The molecule has 0 unspecified atom stereocenters. The second-order valence-corrected chi connectivity index (χ2v) is 3.51. The average molecular weight is 228 g/mol. The number of hydrogen-bond donors (Lipinski definition) is 2. The van der Waals surface area contributed by atoms with E-state index in [-0.39, 0.29) is 5.84 Å². The van der Waals surface area contributed by atoms with Crippen molar-refractivity contribution < 1.29 is 8.78 Å². The van der Waals surface area contributed by atoms with E-state index in [0.29, 0.717) is 11.4 Å². The van der Waals surface area contributed by atoms with Crippen LogP contribution in [0.5, 0.6) is 0 Å². The molecule has 0 bridgehead atoms. The van der Waals surface area contributed by atoms with Gasteiger partial charge in [0.1, 0.15) is 11.7 Å². The van der Waals surface area contributed by atoms with Crippen LogP contribution in [0.3, 0.4) is 0 Å². The molecule has 0 aromatic carbocycles. The third-order valence-corrected chi connectivity index (χ3v) is 2.18. The third-order valence-electron chi connectivity index (χ3n) is 2.18. The minimum atomic E-state index is -2.45. The highest BCUT2D eigenvalue weighted by atomic mass is 19.3. The smallest absolute Gasteiger partial charge is 0.255 e. The van der Waals surface area contributed by atoms with Crippen LogP contribution in [-0.4, -0.2) is 30.8 Å². The molecule has 0 spiro atoms. The van der Waals surface area contributed by atoms with E-state index in [2.05, 4.69) is 4.98 Å². The molecule has 0 saturated heterocycles. The largest absolute Gasteiger partial charge is 0.384 e. The van der Waals surface area contributed by atoms with E-state index in [1.807, 2.05) is 0 Å². The maximum Gasteiger partial charge on any atom is 0.255 e. The normalized spacial score (nSPS) is 10.6. The summed E-state index contributed by atoms with van der Waals surface area (Å²) in [5.74, 6) is 0.148. The van der Waals surface area contributed by atoms with Crippen molar-refractivity contribution in [1.29, 1.82) is 5.41 Å². The quantitative estimate of drug-likeness (QED) is 0.604. The number of pyridine rings is 1. The predicted octanol–water partition coefficient (Wildman–Crippen LogP) is 1.38. The number of anilines is 1. The van der Waals surface area contributed by atoms with Gasteiger partial charge in [-0.05, 0) is 18.6 Å². The number of halogens is 2. The Hall–Kier alpha value is -1.72. The van der Waals surface area contributed by atoms with Crippen molar-refractivity contribution in [1.82, 2.24) is 4.98 Å². The number of nitrogens with one attached hydrogen (secondary N) is 1. The van der Waals surface area contributed by atoms with Crippen LogP contribution in [-0.2, 0) is 0 Å². The first-order valence-corrected chi connectivity index (χ1v) is 4.72. The zero-order valence-electron chi connectivity index (χ0n) is 9.17. The van der Waals surface area contributed by atoms with Crippen LogP contribution >= 0.6 is 0 Å². The summed E-state index contributed by atoms with van der Waals surface area (Å²) in [6.45, 7) is 1.33. The van der Waals surface area contributed by atoms with Gasteiger partial charge in [-0.3, -0.25) is 5.41 Å². The summed E-state index contributed by atoms with van der Waals surface area (Å²) in [5, 5.41) is 7.42. The number of alkyl halides is 2. The first-order valence-electron chi connectivity index (χ1n) is 4.72. The lowest BCUT2D eigenvalue weighted by molar-refractivity contribution is 0.156. The number of rotatable bonds is 4. The molecule has 0 saturated carbocycles. The zero-order valence-corrected chi connectivity index (χ0v) is 9.17. The van der Waals surface area contributed by atoms with Crippen molar-refractivity contribution in [2.45, 2.75) is 13.3 Å². The summed E-state index contributed by atoms with van der Waals surface area (Å²) in [6, 6.07) is 1.69. The van der Waals surface area contributed by atoms with Gasteiger partial charge in [-0.1, -0.05) is 0 Å². The molecular weight excluding hydrogens is 214 g/mol. The van der Waals surface area contributed by atoms with E-state index in [0.717, 1.165) is 5.56 Å². The van der Waals surface area contributed by atoms with Crippen molar-refractivity contribution in [2.24, 2.45) is 5.73 Å². The van der Waals surface area contributed by atoms with E-state index in [1.54, 1.807) is 13.0 Å². The Morgan fingerprint density at radius 3 is 2.75 bits per heavy atom. The minimum Gasteiger partial charge on any atom is -0.384 e. The fourth-order valence-electron chi connectivity index (χ4n) is 1.46. The minimum absolute atomic E-state index is 0.165. The van der Waals surface area contributed by atoms with Crippen LogP contribution in [0, 0.1) is 12.3 Å². The predicted molar refractivity (Wildman–Crippen MR) is 59.3 cm³/mol. The van der Waals surface area contributed by atoms with Gasteiger partial charge in [0.25, 0.3) is 6.43 Å². The van der Waals surface area contributed by atoms with Crippen molar-refractivity contribution in [2.75, 3.05) is 18.5 Å². The number of nitrogens with two attached hydrogens (primary N) is 1. The van der Waals surface area contributed by atoms with E-state index >= 15 is 0 Å². The van der Waals surface area contributed by atoms with Crippen molar-refractivity contribution >= 4 is 11.7 Å². The van der Waals surface area contributed by atoms with Gasteiger partial charge in [-0.2, -0.15) is 0 Å². The maximum atomic E-state index is 12.2. The molecule has 0 fully saturated rings. The van der Waals surface area contributed by atoms with Crippen LogP contribution in [0.4, 0.5) is 14.6 Å². The van der Waals surface area contributed by atoms with Gasteiger partial charge >= 0.3 is 0 Å². The highest BCUT2D eigenvalue weighted by molar-refractivity contribution is 6.00. The molecule has 16 heavy (non-hydrogen) atoms. The Morgan fingerprint density at radius 2 is 2.25 bits per heavy atom. The standard InChI is InChI=1S/C10H14F2N4/c1-6-3-4-15-10(8(6)9(13)14)16(2)5-7(11)12/h3-4,7H,5H2,1-2H3,(H3,13,14). The van der Waals surface area contributed by atoms with Crippen LogP contribution < -0.4 is 10.6 Å². The summed E-state index contributed by atoms with van der Waals surface area (Å²) >= 11 is 0. The summed E-state index contributed by atoms with van der Waals surface area (Å²) in [4.78, 5) is 5.29. The Balaban J connectivity index is 3.12. The molecule has 0 amide bonds. The molecule has 1 heterocycles. The van der Waals surface area contributed by atoms with Gasteiger partial charge in [0.2, 0.25) is 0 Å². The van der Waals surface area contributed by atoms with Crippen LogP contribution in [0.2, 0.25) is 0 Å². The molecule has 4 nitrogen and oxygen atoms in total. The molecule has 0 aliphatic carbocycles. The van der Waals surface area contributed by atoms with Gasteiger partial charge in [0.15, 0.2) is 0 Å². The van der Waals surface area contributed by atoms with Crippen LogP contribution in [0.25, 0.3) is 0 Å². The average Bonchev–Trinajstić information content (AvgIpc) is 2.15. The number of aromatic nitrogens is 1. The third kappa shape index (κ3) is 2.65. The Labute approximate surface area is 92.6 Å². The second kappa shape index (κ2) is 4.87. The van der Waals surface area contributed by atoms with Crippen molar-refractivity contribution in [3.05, 3.63) is 23.4 Å². The van der Waals surface area contributed by atoms with Gasteiger partial charge in [0.05, 0.1) is 12.1 Å². The Bertz CT molecular complexity index is 392. The summed E-state index contributed by atoms with van der Waals surface area (Å²) < 4.78 is 24.5. The lowest BCUT2D eigenvalue weighted by Gasteiger charge is -2.21.